The fourth-order valence-corrected chi connectivity index (χ4v) is 2.50. The highest BCUT2D eigenvalue weighted by molar-refractivity contribution is 6.30. The summed E-state index contributed by atoms with van der Waals surface area (Å²) in [4.78, 5) is 25.7. The van der Waals surface area contributed by atoms with Crippen LogP contribution in [0.4, 0.5) is 16.2 Å². The summed E-state index contributed by atoms with van der Waals surface area (Å²) in [6.45, 7) is 2.30. The van der Waals surface area contributed by atoms with Crippen molar-refractivity contribution in [3.8, 4) is 5.75 Å². The summed E-state index contributed by atoms with van der Waals surface area (Å²) >= 11 is 5.84. The Morgan fingerprint density at radius 2 is 1.91 bits per heavy atom. The van der Waals surface area contributed by atoms with Gasteiger partial charge in [0.25, 0.3) is 0 Å². The van der Waals surface area contributed by atoms with Crippen LogP contribution in [0.1, 0.15) is 17.3 Å². The number of amides is 2. The predicted molar refractivity (Wildman–Crippen MR) is 89.8 cm³/mol. The average molecular weight is 331 g/mol. The molecule has 0 unspecified atom stereocenters. The van der Waals surface area contributed by atoms with Gasteiger partial charge in [-0.3, -0.25) is 9.69 Å². The number of anilines is 2. The van der Waals surface area contributed by atoms with E-state index in [-0.39, 0.29) is 11.8 Å². The van der Waals surface area contributed by atoms with Crippen LogP contribution in [0.3, 0.4) is 0 Å². The molecule has 1 heterocycles. The molecule has 0 fully saturated rings. The SMILES string of the molecule is CC(=O)c1ccc2c(c1)N(C(=O)Nc1ccc(Cl)cc1)CCO2. The van der Waals surface area contributed by atoms with Gasteiger partial charge in [-0.25, -0.2) is 4.79 Å². The summed E-state index contributed by atoms with van der Waals surface area (Å²) in [6, 6.07) is 11.7. The van der Waals surface area contributed by atoms with Gasteiger partial charge in [0.1, 0.15) is 12.4 Å². The first-order valence-corrected chi connectivity index (χ1v) is 7.54. The van der Waals surface area contributed by atoms with Crippen molar-refractivity contribution in [2.24, 2.45) is 0 Å². The quantitative estimate of drug-likeness (QED) is 0.847. The first kappa shape index (κ1) is 15.4. The normalized spacial score (nSPS) is 13.0. The number of halogens is 1. The predicted octanol–water partition coefficient (Wildman–Crippen LogP) is 3.97. The van der Waals surface area contributed by atoms with Crippen LogP contribution in [0.15, 0.2) is 42.5 Å². The van der Waals surface area contributed by atoms with E-state index in [0.717, 1.165) is 0 Å². The molecule has 5 nitrogen and oxygen atoms in total. The molecule has 0 spiro atoms. The Labute approximate surface area is 138 Å². The van der Waals surface area contributed by atoms with Crippen molar-refractivity contribution in [2.75, 3.05) is 23.4 Å². The van der Waals surface area contributed by atoms with Gasteiger partial charge in [0.15, 0.2) is 5.78 Å². The summed E-state index contributed by atoms with van der Waals surface area (Å²) < 4.78 is 5.55. The minimum atomic E-state index is -0.280. The molecule has 23 heavy (non-hydrogen) atoms. The second kappa shape index (κ2) is 6.30. The molecule has 2 amide bonds. The van der Waals surface area contributed by atoms with Crippen LogP contribution in [-0.2, 0) is 0 Å². The van der Waals surface area contributed by atoms with Crippen molar-refractivity contribution in [1.29, 1.82) is 0 Å². The van der Waals surface area contributed by atoms with E-state index in [1.165, 1.54) is 6.92 Å². The van der Waals surface area contributed by atoms with Crippen LogP contribution in [0.25, 0.3) is 0 Å². The second-order valence-corrected chi connectivity index (χ2v) is 5.61. The molecule has 0 bridgehead atoms. The Balaban J connectivity index is 1.86. The molecule has 0 aliphatic carbocycles. The molecule has 1 N–H and O–H groups in total. The van der Waals surface area contributed by atoms with E-state index in [9.17, 15) is 9.59 Å². The fraction of sp³-hybridized carbons (Fsp3) is 0.176. The minimum absolute atomic E-state index is 0.0589. The fourth-order valence-electron chi connectivity index (χ4n) is 2.37. The molecule has 0 aromatic heterocycles. The molecular weight excluding hydrogens is 316 g/mol. The van der Waals surface area contributed by atoms with Crippen molar-refractivity contribution in [2.45, 2.75) is 6.92 Å². The first-order chi connectivity index (χ1) is 11.0. The molecular formula is C17H15ClN2O3. The number of fused-ring (bicyclic) bond motifs is 1. The number of Topliss-reactive ketones (excluding diaryl/α,β-unsaturated/α-hetero) is 1. The summed E-state index contributed by atoms with van der Waals surface area (Å²) in [7, 11) is 0. The van der Waals surface area contributed by atoms with Crippen LogP contribution in [-0.4, -0.2) is 25.0 Å². The molecule has 1 aliphatic rings. The van der Waals surface area contributed by atoms with Crippen LogP contribution < -0.4 is 15.0 Å². The lowest BCUT2D eigenvalue weighted by atomic mass is 10.1. The number of ketones is 1. The van der Waals surface area contributed by atoms with Gasteiger partial charge in [0.05, 0.1) is 12.2 Å². The first-order valence-electron chi connectivity index (χ1n) is 7.16. The summed E-state index contributed by atoms with van der Waals surface area (Å²) in [5, 5.41) is 3.42. The number of nitrogens with zero attached hydrogens (tertiary/aromatic N) is 1. The monoisotopic (exact) mass is 330 g/mol. The molecule has 6 heteroatoms. The summed E-state index contributed by atoms with van der Waals surface area (Å²) in [6.07, 6.45) is 0. The Morgan fingerprint density at radius 3 is 2.61 bits per heavy atom. The zero-order valence-electron chi connectivity index (χ0n) is 12.5. The number of carbonyl (C=O) groups excluding carboxylic acids is 2. The number of hydrogen-bond acceptors (Lipinski definition) is 3. The Morgan fingerprint density at radius 1 is 1.17 bits per heavy atom. The van der Waals surface area contributed by atoms with Crippen LogP contribution in [0.2, 0.25) is 5.02 Å². The maximum atomic E-state index is 12.5. The average Bonchev–Trinajstić information content (AvgIpc) is 2.55. The van der Waals surface area contributed by atoms with Gasteiger partial charge in [-0.05, 0) is 49.4 Å². The number of hydrogen-bond donors (Lipinski definition) is 1. The molecule has 0 saturated heterocycles. The number of benzene rings is 2. The molecule has 118 valence electrons. The Bertz CT molecular complexity index is 759. The minimum Gasteiger partial charge on any atom is -0.490 e. The molecule has 0 atom stereocenters. The maximum Gasteiger partial charge on any atom is 0.326 e. The largest absolute Gasteiger partial charge is 0.490 e. The molecule has 0 radical (unpaired) electrons. The zero-order chi connectivity index (χ0) is 16.4. The van der Waals surface area contributed by atoms with Gasteiger partial charge in [0.2, 0.25) is 0 Å². The smallest absolute Gasteiger partial charge is 0.326 e. The van der Waals surface area contributed by atoms with Gasteiger partial charge in [0, 0.05) is 16.3 Å². The highest BCUT2D eigenvalue weighted by Crippen LogP contribution is 2.33. The lowest BCUT2D eigenvalue weighted by Gasteiger charge is -2.30. The van der Waals surface area contributed by atoms with Crippen LogP contribution >= 0.6 is 11.6 Å². The maximum absolute atomic E-state index is 12.5. The van der Waals surface area contributed by atoms with E-state index < -0.39 is 0 Å². The molecule has 0 saturated carbocycles. The lowest BCUT2D eigenvalue weighted by Crippen LogP contribution is -2.40. The lowest BCUT2D eigenvalue weighted by molar-refractivity contribution is 0.101. The standard InChI is InChI=1S/C17H15ClN2O3/c1-11(21)12-2-7-16-15(10-12)20(8-9-23-16)17(22)19-14-5-3-13(18)4-6-14/h2-7,10H,8-9H2,1H3,(H,19,22). The van der Waals surface area contributed by atoms with Gasteiger partial charge < -0.3 is 10.1 Å². The van der Waals surface area contributed by atoms with Gasteiger partial charge >= 0.3 is 6.03 Å². The summed E-state index contributed by atoms with van der Waals surface area (Å²) in [5.74, 6) is 0.531. The van der Waals surface area contributed by atoms with E-state index in [4.69, 9.17) is 16.3 Å². The highest BCUT2D eigenvalue weighted by Gasteiger charge is 2.24. The van der Waals surface area contributed by atoms with E-state index in [1.54, 1.807) is 47.4 Å². The van der Waals surface area contributed by atoms with Gasteiger partial charge in [-0.15, -0.1) is 0 Å². The van der Waals surface area contributed by atoms with Crippen molar-refractivity contribution >= 4 is 34.8 Å². The summed E-state index contributed by atoms with van der Waals surface area (Å²) in [5.41, 5.74) is 1.78. The van der Waals surface area contributed by atoms with E-state index >= 15 is 0 Å². The number of rotatable bonds is 2. The van der Waals surface area contributed by atoms with Crippen molar-refractivity contribution in [3.63, 3.8) is 0 Å². The van der Waals surface area contributed by atoms with E-state index in [1.807, 2.05) is 0 Å². The van der Waals surface area contributed by atoms with Crippen LogP contribution in [0.5, 0.6) is 5.75 Å². The number of nitrogens with one attached hydrogen (secondary N) is 1. The van der Waals surface area contributed by atoms with Gasteiger partial charge in [-0.1, -0.05) is 11.6 Å². The van der Waals surface area contributed by atoms with E-state index in [2.05, 4.69) is 5.32 Å². The number of carbonyl (C=O) groups is 2. The molecule has 2 aromatic carbocycles. The third kappa shape index (κ3) is 3.29. The van der Waals surface area contributed by atoms with Crippen LogP contribution in [0, 0.1) is 0 Å². The van der Waals surface area contributed by atoms with Crippen molar-refractivity contribution in [3.05, 3.63) is 53.1 Å². The van der Waals surface area contributed by atoms with Crippen molar-refractivity contribution < 1.29 is 14.3 Å². The third-order valence-corrected chi connectivity index (χ3v) is 3.82. The number of urea groups is 1. The Hall–Kier alpha value is -2.53. The highest BCUT2D eigenvalue weighted by atomic mass is 35.5. The molecule has 1 aliphatic heterocycles. The third-order valence-electron chi connectivity index (χ3n) is 3.57. The Kier molecular flexibility index (Phi) is 4.21. The van der Waals surface area contributed by atoms with Crippen molar-refractivity contribution in [1.82, 2.24) is 0 Å². The van der Waals surface area contributed by atoms with Gasteiger partial charge in [-0.2, -0.15) is 0 Å². The number of ether oxygens (including phenoxy) is 1. The van der Waals surface area contributed by atoms with E-state index in [0.29, 0.717) is 40.9 Å². The molecule has 2 aromatic rings. The zero-order valence-corrected chi connectivity index (χ0v) is 13.3. The second-order valence-electron chi connectivity index (χ2n) is 5.18. The molecule has 3 rings (SSSR count). The topological polar surface area (TPSA) is 58.6 Å².